The highest BCUT2D eigenvalue weighted by atomic mass is 35.5. The van der Waals surface area contributed by atoms with E-state index in [9.17, 15) is 0 Å². The molecule has 20 heavy (non-hydrogen) atoms. The molecule has 1 unspecified atom stereocenters. The van der Waals surface area contributed by atoms with E-state index in [0.29, 0.717) is 18.4 Å². The van der Waals surface area contributed by atoms with E-state index in [0.717, 1.165) is 12.2 Å². The number of aromatic nitrogens is 1. The van der Waals surface area contributed by atoms with Gasteiger partial charge in [0.2, 0.25) is 5.88 Å². The highest BCUT2D eigenvalue weighted by molar-refractivity contribution is 6.18. The van der Waals surface area contributed by atoms with Crippen LogP contribution in [0.4, 0.5) is 5.82 Å². The molecule has 0 aliphatic rings. The Morgan fingerprint density at radius 2 is 1.95 bits per heavy atom. The third-order valence-electron chi connectivity index (χ3n) is 2.88. The van der Waals surface area contributed by atoms with Gasteiger partial charge in [-0.15, -0.1) is 11.6 Å². The topological polar surface area (TPSA) is 34.1 Å². The van der Waals surface area contributed by atoms with Gasteiger partial charge in [-0.25, -0.2) is 0 Å². The summed E-state index contributed by atoms with van der Waals surface area (Å²) in [4.78, 5) is 4.40. The third-order valence-corrected chi connectivity index (χ3v) is 3.25. The normalized spacial score (nSPS) is 11.9. The predicted octanol–water partition coefficient (Wildman–Crippen LogP) is 3.74. The Hall–Kier alpha value is -1.74. The number of ether oxygens (including phenoxy) is 1. The lowest BCUT2D eigenvalue weighted by atomic mass is 10.1. The maximum absolute atomic E-state index is 6.05. The summed E-state index contributed by atoms with van der Waals surface area (Å²) in [6.45, 7) is 2.55. The molecule has 1 N–H and O–H groups in total. The van der Waals surface area contributed by atoms with E-state index in [1.165, 1.54) is 5.56 Å². The maximum Gasteiger partial charge on any atom is 0.215 e. The van der Waals surface area contributed by atoms with Crippen molar-refractivity contribution < 1.29 is 4.74 Å². The Morgan fingerprint density at radius 3 is 2.65 bits per heavy atom. The average Bonchev–Trinajstić information content (AvgIpc) is 2.48. The van der Waals surface area contributed by atoms with Crippen molar-refractivity contribution in [3.8, 4) is 5.88 Å². The summed E-state index contributed by atoms with van der Waals surface area (Å²) in [5, 5.41) is 3.35. The smallest absolute Gasteiger partial charge is 0.215 e. The molecular formula is C16H19ClN2O. The lowest BCUT2D eigenvalue weighted by Gasteiger charge is -2.17. The molecule has 0 aliphatic heterocycles. The first kappa shape index (κ1) is 14.7. The third kappa shape index (κ3) is 4.42. The van der Waals surface area contributed by atoms with Crippen molar-refractivity contribution in [1.82, 2.24) is 4.98 Å². The highest BCUT2D eigenvalue weighted by Crippen LogP contribution is 2.14. The summed E-state index contributed by atoms with van der Waals surface area (Å²) in [5.41, 5.74) is 1.26. The zero-order valence-corrected chi connectivity index (χ0v) is 12.3. The fourth-order valence-electron chi connectivity index (χ4n) is 1.98. The van der Waals surface area contributed by atoms with Crippen molar-refractivity contribution >= 4 is 17.4 Å². The fraction of sp³-hybridized carbons (Fsp3) is 0.312. The molecule has 2 rings (SSSR count). The molecule has 1 heterocycles. The second-order valence-electron chi connectivity index (χ2n) is 4.48. The number of hydrogen-bond donors (Lipinski definition) is 1. The van der Waals surface area contributed by atoms with Gasteiger partial charge >= 0.3 is 0 Å². The Balaban J connectivity index is 2.00. The van der Waals surface area contributed by atoms with Crippen LogP contribution in [0.1, 0.15) is 12.5 Å². The number of hydrogen-bond acceptors (Lipinski definition) is 3. The first-order chi connectivity index (χ1) is 9.81. The van der Waals surface area contributed by atoms with Gasteiger partial charge in [-0.3, -0.25) is 0 Å². The van der Waals surface area contributed by atoms with Gasteiger partial charge in [-0.05, 0) is 25.0 Å². The summed E-state index contributed by atoms with van der Waals surface area (Å²) in [6, 6.07) is 16.1. The molecule has 0 fully saturated rings. The second-order valence-corrected chi connectivity index (χ2v) is 4.79. The number of nitrogens with zero attached hydrogens (tertiary/aromatic N) is 1. The first-order valence-electron chi connectivity index (χ1n) is 6.78. The SMILES string of the molecule is CCOc1cccc(NC(CCl)Cc2ccccc2)n1. The van der Waals surface area contributed by atoms with Gasteiger partial charge in [0.15, 0.2) is 0 Å². The van der Waals surface area contributed by atoms with Crippen molar-refractivity contribution in [2.45, 2.75) is 19.4 Å². The predicted molar refractivity (Wildman–Crippen MR) is 83.7 cm³/mol. The molecule has 3 nitrogen and oxygen atoms in total. The molecular weight excluding hydrogens is 272 g/mol. The van der Waals surface area contributed by atoms with Crippen molar-refractivity contribution in [1.29, 1.82) is 0 Å². The van der Waals surface area contributed by atoms with Crippen LogP contribution in [-0.4, -0.2) is 23.5 Å². The Kier molecular flexibility index (Phi) is 5.69. The number of halogens is 1. The number of benzene rings is 1. The molecule has 0 radical (unpaired) electrons. The van der Waals surface area contributed by atoms with Crippen LogP contribution >= 0.6 is 11.6 Å². The molecule has 0 saturated carbocycles. The van der Waals surface area contributed by atoms with Crippen LogP contribution in [0, 0.1) is 0 Å². The van der Waals surface area contributed by atoms with E-state index in [1.54, 1.807) is 0 Å². The zero-order chi connectivity index (χ0) is 14.2. The Morgan fingerprint density at radius 1 is 1.15 bits per heavy atom. The Labute approximate surface area is 124 Å². The number of anilines is 1. The largest absolute Gasteiger partial charge is 0.478 e. The number of pyridine rings is 1. The molecule has 0 bridgehead atoms. The van der Waals surface area contributed by atoms with Crippen LogP contribution in [0.3, 0.4) is 0 Å². The van der Waals surface area contributed by atoms with E-state index in [1.807, 2.05) is 43.3 Å². The van der Waals surface area contributed by atoms with Gasteiger partial charge in [0.05, 0.1) is 6.61 Å². The molecule has 0 saturated heterocycles. The maximum atomic E-state index is 6.05. The van der Waals surface area contributed by atoms with Gasteiger partial charge in [-0.2, -0.15) is 4.98 Å². The minimum Gasteiger partial charge on any atom is -0.478 e. The van der Waals surface area contributed by atoms with Crippen LogP contribution in [0.2, 0.25) is 0 Å². The Bertz CT molecular complexity index is 519. The van der Waals surface area contributed by atoms with Gasteiger partial charge in [0, 0.05) is 18.0 Å². The van der Waals surface area contributed by atoms with Crippen molar-refractivity contribution in [2.24, 2.45) is 0 Å². The molecule has 0 amide bonds. The second kappa shape index (κ2) is 7.75. The fourth-order valence-corrected chi connectivity index (χ4v) is 2.16. The van der Waals surface area contributed by atoms with E-state index >= 15 is 0 Å². The monoisotopic (exact) mass is 290 g/mol. The molecule has 106 valence electrons. The zero-order valence-electron chi connectivity index (χ0n) is 11.6. The van der Waals surface area contributed by atoms with Gasteiger partial charge in [0.25, 0.3) is 0 Å². The minimum absolute atomic E-state index is 0.142. The molecule has 0 aliphatic carbocycles. The average molecular weight is 291 g/mol. The summed E-state index contributed by atoms with van der Waals surface area (Å²) in [5.74, 6) is 1.94. The molecule has 4 heteroatoms. The van der Waals surface area contributed by atoms with Crippen molar-refractivity contribution in [3.63, 3.8) is 0 Å². The standard InChI is InChI=1S/C16H19ClN2O/c1-2-20-16-10-6-9-15(19-16)18-14(12-17)11-13-7-4-3-5-8-13/h3-10,14H,2,11-12H2,1H3,(H,18,19). The molecule has 1 aromatic heterocycles. The van der Waals surface area contributed by atoms with E-state index in [4.69, 9.17) is 16.3 Å². The number of alkyl halides is 1. The molecule has 1 aromatic carbocycles. The summed E-state index contributed by atoms with van der Waals surface area (Å²) in [6.07, 6.45) is 0.866. The van der Waals surface area contributed by atoms with Crippen LogP contribution in [0.25, 0.3) is 0 Å². The minimum atomic E-state index is 0.142. The van der Waals surface area contributed by atoms with Crippen LogP contribution in [-0.2, 0) is 6.42 Å². The van der Waals surface area contributed by atoms with E-state index < -0.39 is 0 Å². The summed E-state index contributed by atoms with van der Waals surface area (Å²) in [7, 11) is 0. The van der Waals surface area contributed by atoms with Crippen LogP contribution < -0.4 is 10.1 Å². The van der Waals surface area contributed by atoms with Crippen LogP contribution in [0.15, 0.2) is 48.5 Å². The lowest BCUT2D eigenvalue weighted by Crippen LogP contribution is -2.24. The first-order valence-corrected chi connectivity index (χ1v) is 7.31. The lowest BCUT2D eigenvalue weighted by molar-refractivity contribution is 0.327. The van der Waals surface area contributed by atoms with Crippen molar-refractivity contribution in [3.05, 3.63) is 54.1 Å². The number of rotatable bonds is 7. The molecule has 0 spiro atoms. The summed E-state index contributed by atoms with van der Waals surface area (Å²) >= 11 is 6.05. The highest BCUT2D eigenvalue weighted by Gasteiger charge is 2.09. The molecule has 1 atom stereocenters. The van der Waals surface area contributed by atoms with E-state index in [-0.39, 0.29) is 6.04 Å². The van der Waals surface area contributed by atoms with E-state index in [2.05, 4.69) is 22.4 Å². The van der Waals surface area contributed by atoms with Gasteiger partial charge in [-0.1, -0.05) is 36.4 Å². The summed E-state index contributed by atoms with van der Waals surface area (Å²) < 4.78 is 5.40. The number of nitrogens with one attached hydrogen (secondary N) is 1. The molecule has 2 aromatic rings. The van der Waals surface area contributed by atoms with Gasteiger partial charge in [0.1, 0.15) is 5.82 Å². The van der Waals surface area contributed by atoms with Gasteiger partial charge < -0.3 is 10.1 Å². The van der Waals surface area contributed by atoms with Crippen molar-refractivity contribution in [2.75, 3.05) is 17.8 Å². The quantitative estimate of drug-likeness (QED) is 0.789. The van der Waals surface area contributed by atoms with Crippen LogP contribution in [0.5, 0.6) is 5.88 Å².